The number of imide groups is 1. The molecule has 3 heterocycles. The standard InChI is InChI=1S/C31H30N4O3/c1-18(2)17-32-29(36)22-13-7-9-15-25(22)35-30(37)26-16-23-21-12-6-8-14-24(21)33-27(23)28(34(26)31(35)38)20-11-5-4-10-19(20)3/h4-15,18,26,28,33H,16-17H2,1-3H3,(H,32,36). The highest BCUT2D eigenvalue weighted by Crippen LogP contribution is 2.45. The average molecular weight is 507 g/mol. The first-order chi connectivity index (χ1) is 18.4. The zero-order valence-electron chi connectivity index (χ0n) is 21.7. The number of aromatic amines is 1. The first kappa shape index (κ1) is 24.0. The molecule has 0 aliphatic carbocycles. The number of aryl methyl sites for hydroxylation is 1. The Balaban J connectivity index is 1.48. The molecule has 0 bridgehead atoms. The van der Waals surface area contributed by atoms with Crippen LogP contribution in [0.5, 0.6) is 0 Å². The Morgan fingerprint density at radius 1 is 1.00 bits per heavy atom. The van der Waals surface area contributed by atoms with Crippen molar-refractivity contribution >= 4 is 34.4 Å². The maximum atomic E-state index is 14.2. The van der Waals surface area contributed by atoms with Crippen LogP contribution in [0.15, 0.2) is 72.8 Å². The Bertz CT molecular complexity index is 1590. The lowest BCUT2D eigenvalue weighted by molar-refractivity contribution is -0.120. The van der Waals surface area contributed by atoms with Gasteiger partial charge in [0.15, 0.2) is 0 Å². The summed E-state index contributed by atoms with van der Waals surface area (Å²) in [5.41, 5.74) is 5.61. The molecule has 6 rings (SSSR count). The van der Waals surface area contributed by atoms with E-state index >= 15 is 0 Å². The molecule has 38 heavy (non-hydrogen) atoms. The Kier molecular flexibility index (Phi) is 5.79. The van der Waals surface area contributed by atoms with Gasteiger partial charge in [-0.2, -0.15) is 0 Å². The van der Waals surface area contributed by atoms with Crippen LogP contribution in [0.2, 0.25) is 0 Å². The third-order valence-corrected chi connectivity index (χ3v) is 7.59. The van der Waals surface area contributed by atoms with E-state index in [1.807, 2.05) is 63.2 Å². The van der Waals surface area contributed by atoms with Gasteiger partial charge >= 0.3 is 6.03 Å². The Morgan fingerprint density at radius 3 is 2.50 bits per heavy atom. The molecule has 2 N–H and O–H groups in total. The summed E-state index contributed by atoms with van der Waals surface area (Å²) in [6.45, 7) is 6.56. The summed E-state index contributed by atoms with van der Waals surface area (Å²) >= 11 is 0. The number of hydrogen-bond acceptors (Lipinski definition) is 3. The molecule has 0 saturated carbocycles. The number of carbonyl (C=O) groups excluding carboxylic acids is 3. The van der Waals surface area contributed by atoms with Crippen LogP contribution >= 0.6 is 0 Å². The van der Waals surface area contributed by atoms with Gasteiger partial charge in [0, 0.05) is 29.6 Å². The van der Waals surface area contributed by atoms with Crippen LogP contribution < -0.4 is 10.2 Å². The molecule has 2 aliphatic rings. The molecule has 2 atom stereocenters. The van der Waals surface area contributed by atoms with Gasteiger partial charge in [-0.15, -0.1) is 0 Å². The number of H-pyrrole nitrogens is 1. The number of para-hydroxylation sites is 2. The second-order valence-corrected chi connectivity index (χ2v) is 10.5. The summed E-state index contributed by atoms with van der Waals surface area (Å²) in [6, 6.07) is 21.3. The second kappa shape index (κ2) is 9.17. The lowest BCUT2D eigenvalue weighted by atomic mass is 9.87. The fourth-order valence-corrected chi connectivity index (χ4v) is 5.77. The van der Waals surface area contributed by atoms with Crippen molar-refractivity contribution < 1.29 is 14.4 Å². The van der Waals surface area contributed by atoms with Gasteiger partial charge in [0.05, 0.1) is 11.3 Å². The van der Waals surface area contributed by atoms with Gasteiger partial charge in [0.2, 0.25) is 0 Å². The first-order valence-corrected chi connectivity index (χ1v) is 13.0. The molecular formula is C31H30N4O3. The number of hydrogen-bond donors (Lipinski definition) is 2. The minimum Gasteiger partial charge on any atom is -0.356 e. The van der Waals surface area contributed by atoms with Crippen LogP contribution in [0.4, 0.5) is 10.5 Å². The van der Waals surface area contributed by atoms with Crippen LogP contribution in [0, 0.1) is 12.8 Å². The van der Waals surface area contributed by atoms with Crippen molar-refractivity contribution in [2.75, 3.05) is 11.4 Å². The van der Waals surface area contributed by atoms with E-state index in [9.17, 15) is 14.4 Å². The molecule has 7 heteroatoms. The molecular weight excluding hydrogens is 476 g/mol. The molecule has 7 nitrogen and oxygen atoms in total. The van der Waals surface area contributed by atoms with E-state index in [2.05, 4.69) is 16.4 Å². The monoisotopic (exact) mass is 506 g/mol. The maximum Gasteiger partial charge on any atom is 0.332 e. The largest absolute Gasteiger partial charge is 0.356 e. The summed E-state index contributed by atoms with van der Waals surface area (Å²) < 4.78 is 0. The van der Waals surface area contributed by atoms with Crippen molar-refractivity contribution in [1.82, 2.24) is 15.2 Å². The van der Waals surface area contributed by atoms with Crippen LogP contribution in [-0.4, -0.2) is 40.3 Å². The SMILES string of the molecule is Cc1ccccc1C1c2[nH]c3ccccc3c2CC2C(=O)N(c3ccccc3C(=O)NCC(C)C)C(=O)N21. The third kappa shape index (κ3) is 3.69. The highest BCUT2D eigenvalue weighted by molar-refractivity contribution is 6.24. The first-order valence-electron chi connectivity index (χ1n) is 13.0. The van der Waals surface area contributed by atoms with Crippen LogP contribution in [0.25, 0.3) is 10.9 Å². The number of carbonyl (C=O) groups is 3. The second-order valence-electron chi connectivity index (χ2n) is 10.5. The highest BCUT2D eigenvalue weighted by atomic mass is 16.2. The molecule has 4 amide bonds. The van der Waals surface area contributed by atoms with E-state index in [4.69, 9.17) is 0 Å². The number of aromatic nitrogens is 1. The van der Waals surface area contributed by atoms with Crippen LogP contribution in [0.1, 0.15) is 52.6 Å². The van der Waals surface area contributed by atoms with Crippen LogP contribution in [-0.2, 0) is 11.2 Å². The molecule has 192 valence electrons. The number of amides is 4. The fourth-order valence-electron chi connectivity index (χ4n) is 5.77. The van der Waals surface area contributed by atoms with Gasteiger partial charge in [-0.3, -0.25) is 14.5 Å². The maximum absolute atomic E-state index is 14.2. The Hall–Kier alpha value is -4.39. The van der Waals surface area contributed by atoms with Crippen molar-refractivity contribution in [2.45, 2.75) is 39.3 Å². The molecule has 2 unspecified atom stereocenters. The number of fused-ring (bicyclic) bond motifs is 4. The lowest BCUT2D eigenvalue weighted by Gasteiger charge is -2.36. The zero-order valence-corrected chi connectivity index (χ0v) is 21.7. The lowest BCUT2D eigenvalue weighted by Crippen LogP contribution is -2.44. The number of urea groups is 1. The van der Waals surface area contributed by atoms with Crippen molar-refractivity contribution in [3.63, 3.8) is 0 Å². The van der Waals surface area contributed by atoms with Crippen LogP contribution in [0.3, 0.4) is 0 Å². The molecule has 3 aromatic carbocycles. The van der Waals surface area contributed by atoms with Crippen molar-refractivity contribution in [3.05, 3.63) is 101 Å². The van der Waals surface area contributed by atoms with E-state index in [-0.39, 0.29) is 17.7 Å². The average Bonchev–Trinajstić information content (AvgIpc) is 3.41. The molecule has 0 radical (unpaired) electrons. The minimum absolute atomic E-state index is 0.272. The topological polar surface area (TPSA) is 85.5 Å². The Morgan fingerprint density at radius 2 is 1.71 bits per heavy atom. The van der Waals surface area contributed by atoms with E-state index in [0.29, 0.717) is 24.2 Å². The molecule has 1 fully saturated rings. The van der Waals surface area contributed by atoms with Gasteiger partial charge < -0.3 is 10.3 Å². The molecule has 4 aromatic rings. The third-order valence-electron chi connectivity index (χ3n) is 7.59. The number of nitrogens with zero attached hydrogens (tertiary/aromatic N) is 2. The predicted octanol–water partition coefficient (Wildman–Crippen LogP) is 5.35. The van der Waals surface area contributed by atoms with Gasteiger partial charge in [-0.25, -0.2) is 9.69 Å². The number of anilines is 1. The Labute approximate surface area is 221 Å². The zero-order chi connectivity index (χ0) is 26.6. The predicted molar refractivity (Wildman–Crippen MR) is 147 cm³/mol. The fraction of sp³-hybridized carbons (Fsp3) is 0.258. The van der Waals surface area contributed by atoms with E-state index in [1.165, 1.54) is 4.90 Å². The smallest absolute Gasteiger partial charge is 0.332 e. The molecule has 1 aromatic heterocycles. The van der Waals surface area contributed by atoms with E-state index < -0.39 is 18.1 Å². The van der Waals surface area contributed by atoms with E-state index in [1.54, 1.807) is 29.2 Å². The number of rotatable bonds is 5. The highest BCUT2D eigenvalue weighted by Gasteiger charge is 2.53. The van der Waals surface area contributed by atoms with E-state index in [0.717, 1.165) is 33.3 Å². The normalized spacial score (nSPS) is 18.7. The summed E-state index contributed by atoms with van der Waals surface area (Å²) in [5, 5.41) is 3.98. The summed E-state index contributed by atoms with van der Waals surface area (Å²) in [7, 11) is 0. The quantitative estimate of drug-likeness (QED) is 0.358. The summed E-state index contributed by atoms with van der Waals surface area (Å²) in [5.74, 6) is -0.339. The number of benzene rings is 3. The van der Waals surface area contributed by atoms with Gasteiger partial charge in [0.1, 0.15) is 12.1 Å². The van der Waals surface area contributed by atoms with Gasteiger partial charge in [-0.05, 0) is 47.7 Å². The van der Waals surface area contributed by atoms with Gasteiger partial charge in [0.25, 0.3) is 11.8 Å². The summed E-state index contributed by atoms with van der Waals surface area (Å²) in [6.07, 6.45) is 0.407. The number of nitrogens with one attached hydrogen (secondary N) is 2. The molecule has 2 aliphatic heterocycles. The summed E-state index contributed by atoms with van der Waals surface area (Å²) in [4.78, 5) is 47.8. The molecule has 1 saturated heterocycles. The molecule has 0 spiro atoms. The van der Waals surface area contributed by atoms with Crippen molar-refractivity contribution in [3.8, 4) is 0 Å². The van der Waals surface area contributed by atoms with Crippen molar-refractivity contribution in [2.24, 2.45) is 5.92 Å². The van der Waals surface area contributed by atoms with Gasteiger partial charge in [-0.1, -0.05) is 68.4 Å². The van der Waals surface area contributed by atoms with Crippen molar-refractivity contribution in [1.29, 1.82) is 0 Å². The minimum atomic E-state index is -0.675.